The lowest BCUT2D eigenvalue weighted by molar-refractivity contribution is -0.159. The number of Topliss-reactive ketones (excluding diaryl/α,β-unsaturated/α-hetero) is 1. The van der Waals surface area contributed by atoms with Gasteiger partial charge in [0.25, 0.3) is 0 Å². The van der Waals surface area contributed by atoms with E-state index in [4.69, 9.17) is 4.74 Å². The Morgan fingerprint density at radius 1 is 1.07 bits per heavy atom. The Labute approximate surface area is 163 Å². The predicted molar refractivity (Wildman–Crippen MR) is 97.6 cm³/mol. The van der Waals surface area contributed by atoms with Gasteiger partial charge in [-0.3, -0.25) is 9.59 Å². The van der Waals surface area contributed by atoms with E-state index < -0.39 is 38.0 Å². The van der Waals surface area contributed by atoms with E-state index >= 15 is 0 Å². The molecule has 1 aliphatic rings. The van der Waals surface area contributed by atoms with Gasteiger partial charge in [0.1, 0.15) is 5.60 Å². The van der Waals surface area contributed by atoms with Crippen molar-refractivity contribution < 1.29 is 33.8 Å². The van der Waals surface area contributed by atoms with Crippen LogP contribution in [0.15, 0.2) is 47.6 Å². The number of fused-ring (bicyclic) bond motifs is 1. The molecule has 0 radical (unpaired) electrons. The number of hydrogen-bond acceptors (Lipinski definition) is 4. The largest absolute Gasteiger partial charge is 0.459 e. The lowest BCUT2D eigenvalue weighted by atomic mass is 9.77. The molecule has 158 valence electrons. The van der Waals surface area contributed by atoms with Crippen molar-refractivity contribution in [3.63, 3.8) is 0 Å². The van der Waals surface area contributed by atoms with Gasteiger partial charge in [0.2, 0.25) is 0 Å². The topological polar surface area (TPSA) is 56.3 Å². The summed E-state index contributed by atoms with van der Waals surface area (Å²) in [5.74, 6) is -1.66. The summed E-state index contributed by atoms with van der Waals surface area (Å²) in [4.78, 5) is 29.1. The van der Waals surface area contributed by atoms with Crippen molar-refractivity contribution in [3.8, 4) is 0 Å². The lowest BCUT2D eigenvalue weighted by Crippen LogP contribution is -2.46. The number of rotatable bonds is 3. The molecule has 2 aromatic rings. The minimum absolute atomic E-state index is 0.0965. The van der Waals surface area contributed by atoms with Crippen molar-refractivity contribution in [1.29, 1.82) is 0 Å². The van der Waals surface area contributed by atoms with Crippen LogP contribution in [0.1, 0.15) is 42.3 Å². The first-order valence-electron chi connectivity index (χ1n) is 8.51. The molecule has 1 heterocycles. The number of carbonyl (C=O) groups is 2. The maximum absolute atomic E-state index is 13.2. The van der Waals surface area contributed by atoms with Gasteiger partial charge in [-0.15, -0.1) is 0 Å². The average Bonchev–Trinajstić information content (AvgIpc) is 2.86. The Morgan fingerprint density at radius 3 is 2.17 bits per heavy atom. The van der Waals surface area contributed by atoms with Crippen molar-refractivity contribution in [3.05, 3.63) is 59.3 Å². The molecule has 0 fully saturated rings. The van der Waals surface area contributed by atoms with E-state index in [0.717, 1.165) is 0 Å². The van der Waals surface area contributed by atoms with Gasteiger partial charge in [-0.2, -0.15) is 0 Å². The van der Waals surface area contributed by atoms with Gasteiger partial charge in [-0.25, -0.2) is 4.98 Å². The fraction of sp³-hybridized carbons (Fsp3) is 0.316. The number of carbonyl (C=O) groups excluding carboxylic acids is 2. The molecule has 29 heavy (non-hydrogen) atoms. The molecule has 1 atom stereocenters. The van der Waals surface area contributed by atoms with Crippen LogP contribution in [0.4, 0.5) is 19.4 Å². The van der Waals surface area contributed by atoms with Crippen molar-refractivity contribution >= 4 is 22.0 Å². The van der Waals surface area contributed by atoms with Gasteiger partial charge < -0.3 is 4.74 Å². The number of nitrogens with zero attached hydrogens (tertiary/aromatic N) is 1. The van der Waals surface area contributed by atoms with E-state index in [-0.39, 0.29) is 23.6 Å². The second-order valence-electron chi connectivity index (χ2n) is 7.92. The quantitative estimate of drug-likeness (QED) is 0.350. The van der Waals surface area contributed by atoms with Crippen molar-refractivity contribution in [2.45, 2.75) is 43.2 Å². The molecule has 1 aromatic carbocycles. The number of aromatic nitrogens is 1. The Kier molecular flexibility index (Phi) is 4.07. The molecular formula is C19H18F5NO3S. The summed E-state index contributed by atoms with van der Waals surface area (Å²) in [7, 11) is -9.99. The van der Waals surface area contributed by atoms with Crippen LogP contribution in [0.25, 0.3) is 0 Å². The normalized spacial score (nSPS) is 21.9. The number of hydrogen-bond donors (Lipinski definition) is 0. The number of esters is 1. The first-order chi connectivity index (χ1) is 12.9. The van der Waals surface area contributed by atoms with Gasteiger partial charge >= 0.3 is 16.2 Å². The summed E-state index contributed by atoms with van der Waals surface area (Å²) in [6.07, 6.45) is 0.329. The number of pyridine rings is 1. The van der Waals surface area contributed by atoms with E-state index in [1.54, 1.807) is 39.0 Å². The van der Waals surface area contributed by atoms with Crippen LogP contribution in [0.3, 0.4) is 0 Å². The highest BCUT2D eigenvalue weighted by Crippen LogP contribution is 3.01. The van der Waals surface area contributed by atoms with Crippen molar-refractivity contribution in [2.24, 2.45) is 0 Å². The zero-order valence-corrected chi connectivity index (χ0v) is 16.5. The monoisotopic (exact) mass is 435 g/mol. The smallest absolute Gasteiger partial charge is 0.325 e. The third kappa shape index (κ3) is 3.85. The Morgan fingerprint density at radius 2 is 1.69 bits per heavy atom. The van der Waals surface area contributed by atoms with E-state index in [1.807, 2.05) is 0 Å². The number of ketones is 1. The first kappa shape index (κ1) is 21.2. The van der Waals surface area contributed by atoms with Crippen LogP contribution >= 0.6 is 10.2 Å². The SMILES string of the molecule is CC(C)(C)OC(=O)C1(c2ccc(S(F)(F)(F)(F)F)nc2)Cc2ccccc2C1=O. The minimum Gasteiger partial charge on any atom is -0.459 e. The van der Waals surface area contributed by atoms with Gasteiger partial charge in [0.05, 0.1) is 0 Å². The van der Waals surface area contributed by atoms with Gasteiger partial charge in [-0.05, 0) is 38.0 Å². The summed E-state index contributed by atoms with van der Waals surface area (Å²) < 4.78 is 70.4. The molecule has 1 unspecified atom stereocenters. The Hall–Kier alpha value is -2.49. The average molecular weight is 435 g/mol. The lowest BCUT2D eigenvalue weighted by Gasteiger charge is -2.39. The Balaban J connectivity index is 2.17. The van der Waals surface area contributed by atoms with Gasteiger partial charge in [0, 0.05) is 18.2 Å². The van der Waals surface area contributed by atoms with Gasteiger partial charge in [0.15, 0.2) is 16.2 Å². The Bertz CT molecular complexity index is 1010. The zero-order valence-electron chi connectivity index (χ0n) is 15.7. The zero-order chi connectivity index (χ0) is 21.9. The van der Waals surface area contributed by atoms with Crippen LogP contribution in [-0.2, 0) is 21.4 Å². The summed E-state index contributed by atoms with van der Waals surface area (Å²) in [6.45, 7) is 4.71. The summed E-state index contributed by atoms with van der Waals surface area (Å²) in [5, 5.41) is -2.34. The second kappa shape index (κ2) is 5.56. The fourth-order valence-electron chi connectivity index (χ4n) is 3.23. The third-order valence-corrected chi connectivity index (χ3v) is 5.51. The predicted octanol–water partition coefficient (Wildman–Crippen LogP) is 5.76. The van der Waals surface area contributed by atoms with Crippen LogP contribution in [-0.4, -0.2) is 22.3 Å². The molecule has 1 aliphatic carbocycles. The van der Waals surface area contributed by atoms with E-state index in [2.05, 4.69) is 4.98 Å². The summed E-state index contributed by atoms with van der Waals surface area (Å²) >= 11 is 0. The third-order valence-electron chi connectivity index (χ3n) is 4.48. The highest BCUT2D eigenvalue weighted by molar-refractivity contribution is 8.45. The number of ether oxygens (including phenoxy) is 1. The molecular weight excluding hydrogens is 417 g/mol. The van der Waals surface area contributed by atoms with Gasteiger partial charge in [-0.1, -0.05) is 49.8 Å². The van der Waals surface area contributed by atoms with Crippen LogP contribution in [0.2, 0.25) is 0 Å². The molecule has 0 N–H and O–H groups in total. The minimum atomic E-state index is -9.99. The fourth-order valence-corrected chi connectivity index (χ4v) is 3.81. The number of halogens is 5. The number of benzene rings is 1. The molecule has 0 amide bonds. The molecule has 10 heteroatoms. The molecule has 0 saturated heterocycles. The van der Waals surface area contributed by atoms with Crippen molar-refractivity contribution in [1.82, 2.24) is 4.98 Å². The van der Waals surface area contributed by atoms with Crippen molar-refractivity contribution in [2.75, 3.05) is 0 Å². The highest BCUT2D eigenvalue weighted by Gasteiger charge is 2.67. The molecule has 0 bridgehead atoms. The van der Waals surface area contributed by atoms with E-state index in [1.165, 1.54) is 6.07 Å². The van der Waals surface area contributed by atoms with E-state index in [9.17, 15) is 29.0 Å². The standard InChI is InChI=1S/C19H18F5NO3S/c1-18(2,3)28-17(27)19(10-12-6-4-5-7-14(12)16(19)26)13-8-9-15(25-11-13)29(20,21,22,23)24/h4-9,11H,10H2,1-3H3. The van der Waals surface area contributed by atoms with Crippen LogP contribution in [0, 0.1) is 0 Å². The molecule has 4 nitrogen and oxygen atoms in total. The van der Waals surface area contributed by atoms with Crippen LogP contribution < -0.4 is 0 Å². The molecule has 0 spiro atoms. The summed E-state index contributed by atoms with van der Waals surface area (Å²) in [5.41, 5.74) is -2.51. The highest BCUT2D eigenvalue weighted by atomic mass is 32.5. The first-order valence-corrected chi connectivity index (χ1v) is 10.5. The maximum atomic E-state index is 13.2. The maximum Gasteiger partial charge on any atom is 0.325 e. The second-order valence-corrected chi connectivity index (χ2v) is 10.3. The van der Waals surface area contributed by atoms with E-state index in [0.29, 0.717) is 17.8 Å². The molecule has 0 saturated carbocycles. The molecule has 0 aliphatic heterocycles. The molecule has 1 aromatic heterocycles. The van der Waals surface area contributed by atoms with Crippen LogP contribution in [0.5, 0.6) is 0 Å². The molecule has 3 rings (SSSR count). The summed E-state index contributed by atoms with van der Waals surface area (Å²) in [6, 6.07) is 7.10.